The van der Waals surface area contributed by atoms with E-state index < -0.39 is 6.04 Å². The summed E-state index contributed by atoms with van der Waals surface area (Å²) in [6.07, 6.45) is 7.94. The van der Waals surface area contributed by atoms with Gasteiger partial charge >= 0.3 is 0 Å². The standard InChI is InChI=1S/C19H18N2O2S/c1-2-14-7-5-8-15(13-14)20-18(22)16-9-3-4-11-21(16)19(23)17-10-6-12-24-17/h1,5-8,10,12-13,16H,3-4,9,11H2,(H,20,22)/t16-/m1/s1. The number of benzene rings is 1. The van der Waals surface area contributed by atoms with Crippen LogP contribution in [0, 0.1) is 12.3 Å². The van der Waals surface area contributed by atoms with Gasteiger partial charge in [-0.3, -0.25) is 9.59 Å². The van der Waals surface area contributed by atoms with Crippen molar-refractivity contribution in [3.8, 4) is 12.3 Å². The number of carbonyl (C=O) groups excluding carboxylic acids is 2. The number of hydrogen-bond donors (Lipinski definition) is 1. The molecule has 2 amide bonds. The van der Waals surface area contributed by atoms with Crippen molar-refractivity contribution >= 4 is 28.8 Å². The molecule has 4 nitrogen and oxygen atoms in total. The van der Waals surface area contributed by atoms with E-state index in [2.05, 4.69) is 11.2 Å². The predicted octanol–water partition coefficient (Wildman–Crippen LogP) is 3.36. The van der Waals surface area contributed by atoms with Crippen molar-refractivity contribution in [3.05, 3.63) is 52.2 Å². The zero-order chi connectivity index (χ0) is 16.9. The van der Waals surface area contributed by atoms with Crippen LogP contribution in [0.1, 0.15) is 34.5 Å². The number of anilines is 1. The Morgan fingerprint density at radius 3 is 2.88 bits per heavy atom. The fraction of sp³-hybridized carbons (Fsp3) is 0.263. The minimum atomic E-state index is -0.442. The summed E-state index contributed by atoms with van der Waals surface area (Å²) < 4.78 is 0. The summed E-state index contributed by atoms with van der Waals surface area (Å²) in [6, 6.07) is 10.4. The topological polar surface area (TPSA) is 49.4 Å². The van der Waals surface area contributed by atoms with Gasteiger partial charge in [-0.15, -0.1) is 17.8 Å². The second-order valence-corrected chi connectivity index (χ2v) is 6.65. The van der Waals surface area contributed by atoms with Crippen molar-refractivity contribution in [3.63, 3.8) is 0 Å². The number of carbonyl (C=O) groups is 2. The van der Waals surface area contributed by atoms with Crippen molar-refractivity contribution in [1.29, 1.82) is 0 Å². The largest absolute Gasteiger partial charge is 0.326 e. The molecule has 1 aliphatic rings. The Hall–Kier alpha value is -2.58. The summed E-state index contributed by atoms with van der Waals surface area (Å²) in [5, 5.41) is 4.76. The predicted molar refractivity (Wildman–Crippen MR) is 96.0 cm³/mol. The molecule has 1 fully saturated rings. The third-order valence-electron chi connectivity index (χ3n) is 4.10. The highest BCUT2D eigenvalue weighted by Gasteiger charge is 2.33. The van der Waals surface area contributed by atoms with Gasteiger partial charge in [-0.25, -0.2) is 0 Å². The maximum absolute atomic E-state index is 12.7. The second-order valence-electron chi connectivity index (χ2n) is 5.70. The molecule has 1 atom stereocenters. The summed E-state index contributed by atoms with van der Waals surface area (Å²) >= 11 is 1.40. The van der Waals surface area contributed by atoms with E-state index in [0.717, 1.165) is 12.8 Å². The second kappa shape index (κ2) is 7.33. The quantitative estimate of drug-likeness (QED) is 0.873. The zero-order valence-corrected chi connectivity index (χ0v) is 14.0. The lowest BCUT2D eigenvalue weighted by Crippen LogP contribution is -2.49. The summed E-state index contributed by atoms with van der Waals surface area (Å²) in [4.78, 5) is 27.7. The monoisotopic (exact) mass is 338 g/mol. The Labute approximate surface area is 145 Å². The average Bonchev–Trinajstić information content (AvgIpc) is 3.16. The van der Waals surface area contributed by atoms with E-state index in [1.165, 1.54) is 11.3 Å². The van der Waals surface area contributed by atoms with Crippen molar-refractivity contribution < 1.29 is 9.59 Å². The van der Waals surface area contributed by atoms with Crippen molar-refractivity contribution in [1.82, 2.24) is 4.90 Å². The molecule has 3 rings (SSSR count). The molecular weight excluding hydrogens is 320 g/mol. The molecule has 2 aromatic rings. The molecule has 1 aliphatic heterocycles. The van der Waals surface area contributed by atoms with Crippen LogP contribution in [0.25, 0.3) is 0 Å². The van der Waals surface area contributed by atoms with Gasteiger partial charge in [-0.2, -0.15) is 0 Å². The lowest BCUT2D eigenvalue weighted by molar-refractivity contribution is -0.121. The minimum Gasteiger partial charge on any atom is -0.326 e. The van der Waals surface area contributed by atoms with Gasteiger partial charge in [0.25, 0.3) is 5.91 Å². The van der Waals surface area contributed by atoms with Gasteiger partial charge < -0.3 is 10.2 Å². The van der Waals surface area contributed by atoms with Gasteiger partial charge in [-0.05, 0) is 48.9 Å². The first kappa shape index (κ1) is 16.3. The van der Waals surface area contributed by atoms with Gasteiger partial charge in [-0.1, -0.05) is 18.1 Å². The van der Waals surface area contributed by atoms with Gasteiger partial charge in [0.2, 0.25) is 5.91 Å². The van der Waals surface area contributed by atoms with E-state index in [0.29, 0.717) is 29.1 Å². The minimum absolute atomic E-state index is 0.0674. The first-order valence-electron chi connectivity index (χ1n) is 7.91. The lowest BCUT2D eigenvalue weighted by Gasteiger charge is -2.34. The van der Waals surface area contributed by atoms with E-state index in [-0.39, 0.29) is 11.8 Å². The number of likely N-dealkylation sites (tertiary alicyclic amines) is 1. The highest BCUT2D eigenvalue weighted by Crippen LogP contribution is 2.23. The number of amides is 2. The van der Waals surface area contributed by atoms with E-state index in [1.807, 2.05) is 17.5 Å². The first-order valence-corrected chi connectivity index (χ1v) is 8.79. The number of piperidine rings is 1. The Morgan fingerprint density at radius 2 is 2.12 bits per heavy atom. The van der Waals surface area contributed by atoms with Crippen LogP contribution >= 0.6 is 11.3 Å². The molecule has 1 N–H and O–H groups in total. The average molecular weight is 338 g/mol. The van der Waals surface area contributed by atoms with Crippen LogP contribution < -0.4 is 5.32 Å². The molecule has 2 heterocycles. The van der Waals surface area contributed by atoms with Gasteiger partial charge in [0, 0.05) is 17.8 Å². The Balaban J connectivity index is 1.76. The van der Waals surface area contributed by atoms with Crippen LogP contribution in [0.15, 0.2) is 41.8 Å². The molecular formula is C19H18N2O2S. The molecule has 24 heavy (non-hydrogen) atoms. The zero-order valence-electron chi connectivity index (χ0n) is 13.2. The van der Waals surface area contributed by atoms with E-state index in [4.69, 9.17) is 6.42 Å². The fourth-order valence-corrected chi connectivity index (χ4v) is 3.58. The highest BCUT2D eigenvalue weighted by atomic mass is 32.1. The normalized spacial score (nSPS) is 17.1. The summed E-state index contributed by atoms with van der Waals surface area (Å²) in [5.41, 5.74) is 1.37. The molecule has 0 radical (unpaired) electrons. The SMILES string of the molecule is C#Cc1cccc(NC(=O)[C@H]2CCCCN2C(=O)c2cccs2)c1. The van der Waals surface area contributed by atoms with Crippen LogP contribution in [0.4, 0.5) is 5.69 Å². The van der Waals surface area contributed by atoms with Gasteiger partial charge in [0.05, 0.1) is 4.88 Å². The summed E-state index contributed by atoms with van der Waals surface area (Å²) in [6.45, 7) is 0.610. The Morgan fingerprint density at radius 1 is 1.25 bits per heavy atom. The van der Waals surface area contributed by atoms with Crippen molar-refractivity contribution in [2.45, 2.75) is 25.3 Å². The number of rotatable bonds is 3. The van der Waals surface area contributed by atoms with E-state index in [9.17, 15) is 9.59 Å². The molecule has 122 valence electrons. The molecule has 1 saturated heterocycles. The number of nitrogens with one attached hydrogen (secondary N) is 1. The molecule has 5 heteroatoms. The Kier molecular flexibility index (Phi) is 4.97. The van der Waals surface area contributed by atoms with Gasteiger partial charge in [0.15, 0.2) is 0 Å². The van der Waals surface area contributed by atoms with Crippen LogP contribution in [0.5, 0.6) is 0 Å². The molecule has 1 aromatic heterocycles. The van der Waals surface area contributed by atoms with Crippen molar-refractivity contribution in [2.75, 3.05) is 11.9 Å². The lowest BCUT2D eigenvalue weighted by atomic mass is 10.0. The number of thiophene rings is 1. The van der Waals surface area contributed by atoms with Crippen LogP contribution in [0.2, 0.25) is 0 Å². The number of terminal acetylenes is 1. The fourth-order valence-electron chi connectivity index (χ4n) is 2.90. The maximum Gasteiger partial charge on any atom is 0.264 e. The molecule has 0 unspecified atom stereocenters. The Bertz CT molecular complexity index is 777. The molecule has 0 bridgehead atoms. The number of nitrogens with zero attached hydrogens (tertiary/aromatic N) is 1. The first-order chi connectivity index (χ1) is 11.7. The number of hydrogen-bond acceptors (Lipinski definition) is 3. The maximum atomic E-state index is 12.7. The molecule has 0 spiro atoms. The van der Waals surface area contributed by atoms with Crippen molar-refractivity contribution in [2.24, 2.45) is 0 Å². The highest BCUT2D eigenvalue weighted by molar-refractivity contribution is 7.12. The molecule has 1 aromatic carbocycles. The van der Waals surface area contributed by atoms with Crippen LogP contribution in [0.3, 0.4) is 0 Å². The summed E-state index contributed by atoms with van der Waals surface area (Å²) in [5.74, 6) is 2.33. The molecule has 0 saturated carbocycles. The van der Waals surface area contributed by atoms with E-state index >= 15 is 0 Å². The van der Waals surface area contributed by atoms with Gasteiger partial charge in [0.1, 0.15) is 6.04 Å². The summed E-state index contributed by atoms with van der Waals surface area (Å²) in [7, 11) is 0. The molecule has 0 aliphatic carbocycles. The van der Waals surface area contributed by atoms with E-state index in [1.54, 1.807) is 29.2 Å². The smallest absolute Gasteiger partial charge is 0.264 e. The third kappa shape index (κ3) is 3.50. The van der Waals surface area contributed by atoms with Crippen LogP contribution in [-0.2, 0) is 4.79 Å². The van der Waals surface area contributed by atoms with Crippen LogP contribution in [-0.4, -0.2) is 29.3 Å². The third-order valence-corrected chi connectivity index (χ3v) is 4.95.